The molecule has 0 saturated carbocycles. The summed E-state index contributed by atoms with van der Waals surface area (Å²) >= 11 is 0. The SMILES string of the molecule is CCOc1ccc(NC(=O)Cc2cccc(C(F)(F)F)c2)cc1OCC. The third-order valence-corrected chi connectivity index (χ3v) is 3.45. The second kappa shape index (κ2) is 8.60. The summed E-state index contributed by atoms with van der Waals surface area (Å²) in [6.07, 6.45) is -4.60. The summed E-state index contributed by atoms with van der Waals surface area (Å²) in [4.78, 5) is 12.2. The van der Waals surface area contributed by atoms with E-state index < -0.39 is 17.6 Å². The Kier molecular flexibility index (Phi) is 6.49. The van der Waals surface area contributed by atoms with Crippen LogP contribution in [0.15, 0.2) is 42.5 Å². The predicted molar refractivity (Wildman–Crippen MR) is 92.6 cm³/mol. The molecule has 1 N–H and O–H groups in total. The van der Waals surface area contributed by atoms with Gasteiger partial charge in [-0.15, -0.1) is 0 Å². The van der Waals surface area contributed by atoms with Gasteiger partial charge in [0.2, 0.25) is 5.91 Å². The van der Waals surface area contributed by atoms with E-state index in [0.717, 1.165) is 12.1 Å². The van der Waals surface area contributed by atoms with E-state index in [4.69, 9.17) is 9.47 Å². The Morgan fingerprint density at radius 3 is 2.35 bits per heavy atom. The van der Waals surface area contributed by atoms with E-state index in [2.05, 4.69) is 5.32 Å². The van der Waals surface area contributed by atoms with Crippen molar-refractivity contribution in [3.05, 3.63) is 53.6 Å². The van der Waals surface area contributed by atoms with E-state index in [0.29, 0.717) is 30.4 Å². The Balaban J connectivity index is 2.09. The van der Waals surface area contributed by atoms with E-state index in [1.165, 1.54) is 12.1 Å². The topological polar surface area (TPSA) is 47.6 Å². The number of hydrogen-bond donors (Lipinski definition) is 1. The fraction of sp³-hybridized carbons (Fsp3) is 0.316. The zero-order valence-corrected chi connectivity index (χ0v) is 14.5. The standard InChI is InChI=1S/C19H20F3NO3/c1-3-25-16-9-8-15(12-17(16)26-4-2)23-18(24)11-13-6-5-7-14(10-13)19(20,21)22/h5-10,12H,3-4,11H2,1-2H3,(H,23,24). The highest BCUT2D eigenvalue weighted by atomic mass is 19.4. The average Bonchev–Trinajstić information content (AvgIpc) is 2.57. The summed E-state index contributed by atoms with van der Waals surface area (Å²) in [7, 11) is 0. The van der Waals surface area contributed by atoms with Gasteiger partial charge in [0.1, 0.15) is 0 Å². The lowest BCUT2D eigenvalue weighted by Gasteiger charge is -2.13. The molecule has 0 radical (unpaired) electrons. The number of benzene rings is 2. The van der Waals surface area contributed by atoms with Gasteiger partial charge in [0, 0.05) is 11.8 Å². The lowest BCUT2D eigenvalue weighted by atomic mass is 10.1. The molecule has 4 nitrogen and oxygen atoms in total. The maximum absolute atomic E-state index is 12.7. The molecule has 1 amide bonds. The lowest BCUT2D eigenvalue weighted by Crippen LogP contribution is -2.15. The number of amides is 1. The zero-order chi connectivity index (χ0) is 19.2. The normalized spacial score (nSPS) is 11.1. The molecule has 0 heterocycles. The number of nitrogens with one attached hydrogen (secondary N) is 1. The molecule has 2 aromatic carbocycles. The Bertz CT molecular complexity index is 760. The Labute approximate surface area is 149 Å². The van der Waals surface area contributed by atoms with Gasteiger partial charge in [-0.05, 0) is 37.6 Å². The first-order chi connectivity index (χ1) is 12.3. The van der Waals surface area contributed by atoms with Crippen LogP contribution in [-0.2, 0) is 17.4 Å². The van der Waals surface area contributed by atoms with Crippen LogP contribution in [0.3, 0.4) is 0 Å². The van der Waals surface area contributed by atoms with Gasteiger partial charge >= 0.3 is 6.18 Å². The molecule has 140 valence electrons. The maximum atomic E-state index is 12.7. The molecule has 0 spiro atoms. The molecule has 0 aliphatic heterocycles. The summed E-state index contributed by atoms with van der Waals surface area (Å²) in [5.41, 5.74) is -0.00956. The first-order valence-corrected chi connectivity index (χ1v) is 8.19. The summed E-state index contributed by atoms with van der Waals surface area (Å²) in [6.45, 7) is 4.58. The van der Waals surface area contributed by atoms with Crippen LogP contribution < -0.4 is 14.8 Å². The number of carbonyl (C=O) groups is 1. The summed E-state index contributed by atoms with van der Waals surface area (Å²) < 4.78 is 49.2. The molecule has 2 rings (SSSR count). The number of carbonyl (C=O) groups excluding carboxylic acids is 1. The van der Waals surface area contributed by atoms with Gasteiger partial charge in [0.25, 0.3) is 0 Å². The fourth-order valence-electron chi connectivity index (χ4n) is 2.38. The number of hydrogen-bond acceptors (Lipinski definition) is 3. The van der Waals surface area contributed by atoms with Crippen LogP contribution in [0.5, 0.6) is 11.5 Å². The minimum Gasteiger partial charge on any atom is -0.490 e. The van der Waals surface area contributed by atoms with Gasteiger partial charge in [-0.2, -0.15) is 13.2 Å². The molecule has 0 saturated heterocycles. The number of alkyl halides is 3. The fourth-order valence-corrected chi connectivity index (χ4v) is 2.38. The van der Waals surface area contributed by atoms with Gasteiger partial charge in [0.15, 0.2) is 11.5 Å². The zero-order valence-electron chi connectivity index (χ0n) is 14.5. The molecular formula is C19H20F3NO3. The van der Waals surface area contributed by atoms with Gasteiger partial charge in [0.05, 0.1) is 25.2 Å². The van der Waals surface area contributed by atoms with Crippen molar-refractivity contribution in [2.45, 2.75) is 26.4 Å². The smallest absolute Gasteiger partial charge is 0.416 e. The van der Waals surface area contributed by atoms with Crippen molar-refractivity contribution >= 4 is 11.6 Å². The predicted octanol–water partition coefficient (Wildman–Crippen LogP) is 4.68. The molecule has 0 atom stereocenters. The van der Waals surface area contributed by atoms with Crippen molar-refractivity contribution in [1.29, 1.82) is 0 Å². The van der Waals surface area contributed by atoms with Crippen LogP contribution in [-0.4, -0.2) is 19.1 Å². The van der Waals surface area contributed by atoms with Crippen LogP contribution in [0.2, 0.25) is 0 Å². The van der Waals surface area contributed by atoms with Crippen molar-refractivity contribution in [3.8, 4) is 11.5 Å². The van der Waals surface area contributed by atoms with Gasteiger partial charge in [-0.3, -0.25) is 4.79 Å². The Morgan fingerprint density at radius 2 is 1.69 bits per heavy atom. The average molecular weight is 367 g/mol. The van der Waals surface area contributed by atoms with Crippen molar-refractivity contribution in [2.75, 3.05) is 18.5 Å². The molecule has 0 fully saturated rings. The minimum atomic E-state index is -4.44. The second-order valence-electron chi connectivity index (χ2n) is 5.45. The third kappa shape index (κ3) is 5.40. The monoisotopic (exact) mass is 367 g/mol. The Hall–Kier alpha value is -2.70. The van der Waals surface area contributed by atoms with E-state index in [-0.39, 0.29) is 12.0 Å². The first kappa shape index (κ1) is 19.6. The van der Waals surface area contributed by atoms with Crippen LogP contribution in [0.25, 0.3) is 0 Å². The molecule has 26 heavy (non-hydrogen) atoms. The number of anilines is 1. The largest absolute Gasteiger partial charge is 0.490 e. The highest BCUT2D eigenvalue weighted by molar-refractivity contribution is 5.92. The van der Waals surface area contributed by atoms with Crippen molar-refractivity contribution in [3.63, 3.8) is 0 Å². The van der Waals surface area contributed by atoms with E-state index in [9.17, 15) is 18.0 Å². The van der Waals surface area contributed by atoms with Crippen molar-refractivity contribution in [1.82, 2.24) is 0 Å². The van der Waals surface area contributed by atoms with Gasteiger partial charge in [-0.25, -0.2) is 0 Å². The summed E-state index contributed by atoms with van der Waals surface area (Å²) in [6, 6.07) is 9.67. The number of rotatable bonds is 7. The Morgan fingerprint density at radius 1 is 1.00 bits per heavy atom. The quantitative estimate of drug-likeness (QED) is 0.773. The lowest BCUT2D eigenvalue weighted by molar-refractivity contribution is -0.137. The van der Waals surface area contributed by atoms with Crippen LogP contribution in [0, 0.1) is 0 Å². The third-order valence-electron chi connectivity index (χ3n) is 3.45. The second-order valence-corrected chi connectivity index (χ2v) is 5.45. The van der Waals surface area contributed by atoms with Crippen LogP contribution >= 0.6 is 0 Å². The molecule has 0 bridgehead atoms. The molecule has 0 aliphatic carbocycles. The summed E-state index contributed by atoms with van der Waals surface area (Å²) in [5, 5.41) is 2.66. The van der Waals surface area contributed by atoms with E-state index in [1.807, 2.05) is 13.8 Å². The maximum Gasteiger partial charge on any atom is 0.416 e. The van der Waals surface area contributed by atoms with E-state index in [1.54, 1.807) is 18.2 Å². The number of halogens is 3. The van der Waals surface area contributed by atoms with Crippen molar-refractivity contribution < 1.29 is 27.4 Å². The van der Waals surface area contributed by atoms with Crippen LogP contribution in [0.4, 0.5) is 18.9 Å². The molecule has 0 aliphatic rings. The number of ether oxygens (including phenoxy) is 2. The highest BCUT2D eigenvalue weighted by Crippen LogP contribution is 2.31. The van der Waals surface area contributed by atoms with Crippen molar-refractivity contribution in [2.24, 2.45) is 0 Å². The summed E-state index contributed by atoms with van der Waals surface area (Å²) in [5.74, 6) is 0.632. The molecule has 0 unspecified atom stereocenters. The molecule has 7 heteroatoms. The minimum absolute atomic E-state index is 0.166. The van der Waals surface area contributed by atoms with Gasteiger partial charge < -0.3 is 14.8 Å². The van der Waals surface area contributed by atoms with E-state index >= 15 is 0 Å². The van der Waals surface area contributed by atoms with Crippen LogP contribution in [0.1, 0.15) is 25.0 Å². The van der Waals surface area contributed by atoms with Gasteiger partial charge in [-0.1, -0.05) is 18.2 Å². The first-order valence-electron chi connectivity index (χ1n) is 8.19. The molecule has 2 aromatic rings. The molecule has 0 aromatic heterocycles. The highest BCUT2D eigenvalue weighted by Gasteiger charge is 2.30. The molecular weight excluding hydrogens is 347 g/mol.